The molecular formula is C26H21N3O3. The summed E-state index contributed by atoms with van der Waals surface area (Å²) in [6.45, 7) is 2.53. The molecule has 2 heterocycles. The van der Waals surface area contributed by atoms with E-state index < -0.39 is 17.8 Å². The summed E-state index contributed by atoms with van der Waals surface area (Å²) in [6, 6.07) is 21.7. The molecule has 1 aliphatic rings. The van der Waals surface area contributed by atoms with Crippen LogP contribution in [0.2, 0.25) is 0 Å². The molecule has 1 fully saturated rings. The number of benzene rings is 3. The number of hydrogen-bond donors (Lipinski definition) is 1. The molecule has 1 N–H and O–H groups in total. The second-order valence-corrected chi connectivity index (χ2v) is 7.73. The number of para-hydroxylation sites is 1. The van der Waals surface area contributed by atoms with Crippen molar-refractivity contribution in [1.82, 2.24) is 14.8 Å². The van der Waals surface area contributed by atoms with Crippen molar-refractivity contribution in [1.29, 1.82) is 0 Å². The summed E-state index contributed by atoms with van der Waals surface area (Å²) < 4.78 is 2.12. The lowest BCUT2D eigenvalue weighted by Crippen LogP contribution is -2.53. The molecule has 0 unspecified atom stereocenters. The van der Waals surface area contributed by atoms with E-state index in [-0.39, 0.29) is 12.1 Å². The van der Waals surface area contributed by atoms with Crippen molar-refractivity contribution in [2.45, 2.75) is 13.5 Å². The lowest BCUT2D eigenvalue weighted by atomic mass is 10.0. The molecule has 0 spiro atoms. The third kappa shape index (κ3) is 3.26. The van der Waals surface area contributed by atoms with Gasteiger partial charge in [-0.05, 0) is 35.4 Å². The van der Waals surface area contributed by atoms with Crippen LogP contribution in [0.25, 0.3) is 27.8 Å². The average molecular weight is 423 g/mol. The van der Waals surface area contributed by atoms with Crippen LogP contribution in [-0.4, -0.2) is 33.9 Å². The van der Waals surface area contributed by atoms with E-state index in [1.54, 1.807) is 13.0 Å². The second kappa shape index (κ2) is 7.81. The maximum atomic E-state index is 12.7. The number of fused-ring (bicyclic) bond motifs is 2. The fourth-order valence-corrected chi connectivity index (χ4v) is 4.27. The average Bonchev–Trinajstić information content (AvgIpc) is 3.14. The monoisotopic (exact) mass is 423 g/mol. The first kappa shape index (κ1) is 19.8. The third-order valence-electron chi connectivity index (χ3n) is 5.84. The largest absolute Gasteiger partial charge is 0.342 e. The summed E-state index contributed by atoms with van der Waals surface area (Å²) in [7, 11) is 0. The fraction of sp³-hybridized carbons (Fsp3) is 0.115. The molecule has 0 saturated carbocycles. The zero-order valence-corrected chi connectivity index (χ0v) is 17.5. The number of imide groups is 2. The number of rotatable bonds is 4. The Balaban J connectivity index is 1.61. The lowest BCUT2D eigenvalue weighted by Gasteiger charge is -2.24. The van der Waals surface area contributed by atoms with Crippen LogP contribution < -0.4 is 5.32 Å². The molecule has 32 heavy (non-hydrogen) atoms. The quantitative estimate of drug-likeness (QED) is 0.392. The summed E-state index contributed by atoms with van der Waals surface area (Å²) >= 11 is 0. The van der Waals surface area contributed by atoms with Crippen LogP contribution in [0.4, 0.5) is 4.79 Å². The molecule has 1 saturated heterocycles. The van der Waals surface area contributed by atoms with Gasteiger partial charge in [-0.2, -0.15) is 0 Å². The molecule has 6 nitrogen and oxygen atoms in total. The molecule has 0 atom stereocenters. The SMILES string of the molecule is CCN1C(=O)NC(=O)/C(=C\c2cn(Cc3cccc4ccccc34)c3ccccc23)C1=O. The molecule has 1 aliphatic heterocycles. The number of likely N-dealkylation sites (N-methyl/N-ethyl adjacent to an activating group) is 1. The predicted molar refractivity (Wildman–Crippen MR) is 124 cm³/mol. The van der Waals surface area contributed by atoms with Crippen molar-refractivity contribution < 1.29 is 14.4 Å². The van der Waals surface area contributed by atoms with Crippen LogP contribution in [-0.2, 0) is 16.1 Å². The molecule has 0 bridgehead atoms. The number of amides is 4. The van der Waals surface area contributed by atoms with Crippen molar-refractivity contribution in [3.63, 3.8) is 0 Å². The van der Waals surface area contributed by atoms with Crippen LogP contribution >= 0.6 is 0 Å². The first-order chi connectivity index (χ1) is 15.6. The molecule has 1 aromatic heterocycles. The van der Waals surface area contributed by atoms with E-state index in [0.717, 1.165) is 21.4 Å². The molecule has 3 aromatic carbocycles. The van der Waals surface area contributed by atoms with Crippen molar-refractivity contribution in [2.75, 3.05) is 6.54 Å². The van der Waals surface area contributed by atoms with Gasteiger partial charge in [0.15, 0.2) is 0 Å². The Hall–Kier alpha value is -4.19. The molecule has 4 amide bonds. The minimum Gasteiger partial charge on any atom is -0.342 e. The van der Waals surface area contributed by atoms with Gasteiger partial charge in [-0.15, -0.1) is 0 Å². The minimum atomic E-state index is -0.682. The molecule has 0 aliphatic carbocycles. The zero-order chi connectivity index (χ0) is 22.2. The maximum Gasteiger partial charge on any atom is 0.331 e. The summed E-state index contributed by atoms with van der Waals surface area (Å²) in [6.07, 6.45) is 3.53. The van der Waals surface area contributed by atoms with E-state index in [1.807, 2.05) is 48.7 Å². The number of barbiturate groups is 1. The fourth-order valence-electron chi connectivity index (χ4n) is 4.27. The van der Waals surface area contributed by atoms with Gasteiger partial charge >= 0.3 is 6.03 Å². The van der Waals surface area contributed by atoms with Crippen molar-refractivity contribution in [3.05, 3.63) is 89.6 Å². The topological polar surface area (TPSA) is 71.4 Å². The summed E-state index contributed by atoms with van der Waals surface area (Å²) in [5.41, 5.74) is 2.89. The van der Waals surface area contributed by atoms with Gasteiger partial charge in [-0.3, -0.25) is 19.8 Å². The van der Waals surface area contributed by atoms with E-state index in [9.17, 15) is 14.4 Å². The highest BCUT2D eigenvalue weighted by atomic mass is 16.2. The van der Waals surface area contributed by atoms with Gasteiger partial charge in [-0.1, -0.05) is 60.7 Å². The Kier molecular flexibility index (Phi) is 4.82. The first-order valence-corrected chi connectivity index (χ1v) is 10.5. The highest BCUT2D eigenvalue weighted by Crippen LogP contribution is 2.27. The number of urea groups is 1. The Morgan fingerprint density at radius 3 is 2.41 bits per heavy atom. The molecule has 5 rings (SSSR count). The summed E-state index contributed by atoms with van der Waals surface area (Å²) in [5.74, 6) is -1.25. The van der Waals surface area contributed by atoms with E-state index >= 15 is 0 Å². The second-order valence-electron chi connectivity index (χ2n) is 7.73. The molecule has 6 heteroatoms. The summed E-state index contributed by atoms with van der Waals surface area (Å²) in [4.78, 5) is 38.1. The highest BCUT2D eigenvalue weighted by Gasteiger charge is 2.34. The van der Waals surface area contributed by atoms with Gasteiger partial charge in [0.25, 0.3) is 11.8 Å². The van der Waals surface area contributed by atoms with Crippen molar-refractivity contribution >= 4 is 45.6 Å². The molecule has 0 radical (unpaired) electrons. The predicted octanol–water partition coefficient (Wildman–Crippen LogP) is 4.32. The molecule has 4 aromatic rings. The number of carbonyl (C=O) groups is 3. The first-order valence-electron chi connectivity index (χ1n) is 10.5. The maximum absolute atomic E-state index is 12.7. The van der Waals surface area contributed by atoms with Gasteiger partial charge in [-0.25, -0.2) is 4.79 Å². The van der Waals surface area contributed by atoms with E-state index in [0.29, 0.717) is 6.54 Å². The smallest absolute Gasteiger partial charge is 0.331 e. The van der Waals surface area contributed by atoms with Crippen LogP contribution in [0, 0.1) is 0 Å². The number of nitrogens with zero attached hydrogens (tertiary/aromatic N) is 2. The number of aromatic nitrogens is 1. The molecule has 158 valence electrons. The Labute approximate surface area is 184 Å². The number of nitrogens with one attached hydrogen (secondary N) is 1. The van der Waals surface area contributed by atoms with E-state index in [4.69, 9.17) is 0 Å². The third-order valence-corrected chi connectivity index (χ3v) is 5.84. The van der Waals surface area contributed by atoms with Crippen molar-refractivity contribution in [2.24, 2.45) is 0 Å². The lowest BCUT2D eigenvalue weighted by molar-refractivity contribution is -0.129. The minimum absolute atomic E-state index is 0.0421. The van der Waals surface area contributed by atoms with Crippen molar-refractivity contribution in [3.8, 4) is 0 Å². The normalized spacial score (nSPS) is 15.7. The summed E-state index contributed by atoms with van der Waals surface area (Å²) in [5, 5.41) is 5.54. The van der Waals surface area contributed by atoms with Crippen LogP contribution in [0.5, 0.6) is 0 Å². The van der Waals surface area contributed by atoms with E-state index in [2.05, 4.69) is 34.1 Å². The molecular weight excluding hydrogens is 402 g/mol. The van der Waals surface area contributed by atoms with Gasteiger partial charge in [0.2, 0.25) is 0 Å². The number of carbonyl (C=O) groups excluding carboxylic acids is 3. The van der Waals surface area contributed by atoms with Crippen LogP contribution in [0.15, 0.2) is 78.5 Å². The highest BCUT2D eigenvalue weighted by molar-refractivity contribution is 6.31. The van der Waals surface area contributed by atoms with Gasteiger partial charge in [0.1, 0.15) is 5.57 Å². The van der Waals surface area contributed by atoms with Gasteiger partial charge in [0.05, 0.1) is 0 Å². The Morgan fingerprint density at radius 2 is 1.59 bits per heavy atom. The Morgan fingerprint density at radius 1 is 0.875 bits per heavy atom. The Bertz CT molecular complexity index is 1430. The number of hydrogen-bond acceptors (Lipinski definition) is 3. The van der Waals surface area contributed by atoms with Crippen LogP contribution in [0.1, 0.15) is 18.1 Å². The van der Waals surface area contributed by atoms with Crippen LogP contribution in [0.3, 0.4) is 0 Å². The van der Waals surface area contributed by atoms with Gasteiger partial charge in [0, 0.05) is 35.8 Å². The van der Waals surface area contributed by atoms with Gasteiger partial charge < -0.3 is 4.57 Å². The zero-order valence-electron chi connectivity index (χ0n) is 17.5. The standard InChI is InChI=1S/C26H21N3O3/c1-2-29-25(31)22(24(30)27-26(29)32)14-19-16-28(23-13-6-5-12-21(19)23)15-18-10-7-9-17-8-3-4-11-20(17)18/h3-14,16H,2,15H2,1H3,(H,27,30,32)/b22-14+. The van der Waals surface area contributed by atoms with E-state index in [1.165, 1.54) is 16.3 Å².